The molecule has 0 rings (SSSR count). The highest BCUT2D eigenvalue weighted by Crippen LogP contribution is 2.04. The molecule has 7 nitrogen and oxygen atoms in total. The number of carbonyl (C=O) groups is 3. The summed E-state index contributed by atoms with van der Waals surface area (Å²) in [5, 5.41) is 5.69. The molecule has 1 amide bonds. The first-order valence-electron chi connectivity index (χ1n) is 6.83. The van der Waals surface area contributed by atoms with Crippen LogP contribution in [0.3, 0.4) is 0 Å². The molecule has 0 fully saturated rings. The standard InChI is InChI=1S/C14H26N2O5/c1-9(12(18)16-14(2,3)4)15-10(13(19)21-6)7-8-11(17)20-5/h9-10,15H,7-8H2,1-6H3,(H,16,18)/t9?,10-/m0/s1. The number of rotatable bonds is 7. The molecule has 7 heteroatoms. The van der Waals surface area contributed by atoms with Gasteiger partial charge in [-0.3, -0.25) is 19.7 Å². The number of esters is 2. The number of nitrogens with one attached hydrogen (secondary N) is 2. The molecule has 0 bridgehead atoms. The van der Waals surface area contributed by atoms with E-state index in [1.54, 1.807) is 6.92 Å². The van der Waals surface area contributed by atoms with Crippen molar-refractivity contribution in [3.8, 4) is 0 Å². The van der Waals surface area contributed by atoms with Crippen molar-refractivity contribution in [2.24, 2.45) is 0 Å². The lowest BCUT2D eigenvalue weighted by Gasteiger charge is -2.25. The molecule has 0 saturated heterocycles. The highest BCUT2D eigenvalue weighted by molar-refractivity contribution is 5.83. The van der Waals surface area contributed by atoms with Crippen molar-refractivity contribution in [1.82, 2.24) is 10.6 Å². The first-order chi connectivity index (χ1) is 9.60. The third-order valence-electron chi connectivity index (χ3n) is 2.69. The number of ether oxygens (including phenoxy) is 2. The predicted octanol–water partition coefficient (Wildman–Crippen LogP) is 0.374. The molecular weight excluding hydrogens is 276 g/mol. The number of hydrogen-bond acceptors (Lipinski definition) is 6. The number of hydrogen-bond donors (Lipinski definition) is 2. The first kappa shape index (κ1) is 19.4. The molecule has 0 saturated carbocycles. The third kappa shape index (κ3) is 8.29. The van der Waals surface area contributed by atoms with Crippen LogP contribution in [0.15, 0.2) is 0 Å². The maximum Gasteiger partial charge on any atom is 0.322 e. The minimum atomic E-state index is -0.741. The second kappa shape index (κ2) is 8.61. The minimum absolute atomic E-state index is 0.0663. The zero-order valence-corrected chi connectivity index (χ0v) is 13.6. The highest BCUT2D eigenvalue weighted by atomic mass is 16.5. The third-order valence-corrected chi connectivity index (χ3v) is 2.69. The van der Waals surface area contributed by atoms with Gasteiger partial charge >= 0.3 is 11.9 Å². The van der Waals surface area contributed by atoms with Crippen molar-refractivity contribution >= 4 is 17.8 Å². The summed E-state index contributed by atoms with van der Waals surface area (Å²) < 4.78 is 9.21. The summed E-state index contributed by atoms with van der Waals surface area (Å²) in [6, 6.07) is -1.33. The molecule has 21 heavy (non-hydrogen) atoms. The summed E-state index contributed by atoms with van der Waals surface area (Å²) in [4.78, 5) is 34.8. The second-order valence-electron chi connectivity index (χ2n) is 5.82. The summed E-state index contributed by atoms with van der Waals surface area (Å²) in [7, 11) is 2.54. The molecule has 0 heterocycles. The van der Waals surface area contributed by atoms with Gasteiger partial charge in [0.05, 0.1) is 20.3 Å². The van der Waals surface area contributed by atoms with E-state index in [0.29, 0.717) is 0 Å². The monoisotopic (exact) mass is 302 g/mol. The summed E-state index contributed by atoms with van der Waals surface area (Å²) in [5.41, 5.74) is -0.361. The summed E-state index contributed by atoms with van der Waals surface area (Å²) >= 11 is 0. The maximum atomic E-state index is 12.0. The Morgan fingerprint density at radius 3 is 2.10 bits per heavy atom. The molecular formula is C14H26N2O5. The van der Waals surface area contributed by atoms with E-state index in [1.807, 2.05) is 20.8 Å². The molecule has 2 atom stereocenters. The van der Waals surface area contributed by atoms with Crippen LogP contribution in [0.5, 0.6) is 0 Å². The van der Waals surface area contributed by atoms with Gasteiger partial charge in [-0.1, -0.05) is 0 Å². The molecule has 0 aromatic rings. The molecule has 0 aliphatic carbocycles. The molecule has 0 spiro atoms. The fraction of sp³-hybridized carbons (Fsp3) is 0.786. The van der Waals surface area contributed by atoms with E-state index in [1.165, 1.54) is 14.2 Å². The van der Waals surface area contributed by atoms with Gasteiger partial charge in [0.15, 0.2) is 0 Å². The fourth-order valence-electron chi connectivity index (χ4n) is 1.63. The van der Waals surface area contributed by atoms with Crippen LogP contribution in [-0.2, 0) is 23.9 Å². The zero-order valence-electron chi connectivity index (χ0n) is 13.6. The van der Waals surface area contributed by atoms with Crippen molar-refractivity contribution in [1.29, 1.82) is 0 Å². The van der Waals surface area contributed by atoms with Crippen molar-refractivity contribution in [2.75, 3.05) is 14.2 Å². The average molecular weight is 302 g/mol. The van der Waals surface area contributed by atoms with E-state index in [2.05, 4.69) is 20.1 Å². The summed E-state index contributed by atoms with van der Waals surface area (Å²) in [6.07, 6.45) is 0.267. The lowest BCUT2D eigenvalue weighted by molar-refractivity contribution is -0.144. The van der Waals surface area contributed by atoms with Gasteiger partial charge in [0.1, 0.15) is 6.04 Å². The molecule has 0 aliphatic heterocycles. The second-order valence-corrected chi connectivity index (χ2v) is 5.82. The van der Waals surface area contributed by atoms with Crippen LogP contribution in [0.4, 0.5) is 0 Å². The van der Waals surface area contributed by atoms with E-state index in [-0.39, 0.29) is 24.3 Å². The van der Waals surface area contributed by atoms with Gasteiger partial charge < -0.3 is 14.8 Å². The van der Waals surface area contributed by atoms with Crippen LogP contribution in [0.25, 0.3) is 0 Å². The molecule has 2 N–H and O–H groups in total. The lowest BCUT2D eigenvalue weighted by Crippen LogP contribution is -2.53. The first-order valence-corrected chi connectivity index (χ1v) is 6.83. The van der Waals surface area contributed by atoms with Gasteiger partial charge in [0.25, 0.3) is 0 Å². The van der Waals surface area contributed by atoms with Gasteiger partial charge in [-0.15, -0.1) is 0 Å². The van der Waals surface area contributed by atoms with Crippen molar-refractivity contribution in [3.63, 3.8) is 0 Å². The van der Waals surface area contributed by atoms with Gasteiger partial charge in [0, 0.05) is 12.0 Å². The predicted molar refractivity (Wildman–Crippen MR) is 77.5 cm³/mol. The molecule has 0 aromatic heterocycles. The van der Waals surface area contributed by atoms with E-state index in [0.717, 1.165) is 0 Å². The number of amides is 1. The summed E-state index contributed by atoms with van der Waals surface area (Å²) in [6.45, 7) is 7.25. The normalized spacial score (nSPS) is 14.0. The molecule has 1 unspecified atom stereocenters. The summed E-state index contributed by atoms with van der Waals surface area (Å²) in [5.74, 6) is -1.17. The largest absolute Gasteiger partial charge is 0.469 e. The number of carbonyl (C=O) groups excluding carboxylic acids is 3. The maximum absolute atomic E-state index is 12.0. The molecule has 0 aliphatic rings. The SMILES string of the molecule is COC(=O)CC[C@H](NC(C)C(=O)NC(C)(C)C)C(=O)OC. The van der Waals surface area contributed by atoms with Crippen LogP contribution in [0, 0.1) is 0 Å². The zero-order chi connectivity index (χ0) is 16.6. The van der Waals surface area contributed by atoms with Gasteiger partial charge in [-0.2, -0.15) is 0 Å². The molecule has 0 radical (unpaired) electrons. The van der Waals surface area contributed by atoms with Crippen molar-refractivity contribution in [2.45, 2.75) is 58.2 Å². The van der Waals surface area contributed by atoms with Crippen LogP contribution in [-0.4, -0.2) is 49.7 Å². The highest BCUT2D eigenvalue weighted by Gasteiger charge is 2.26. The Morgan fingerprint density at radius 2 is 1.67 bits per heavy atom. The number of methoxy groups -OCH3 is 2. The molecule has 122 valence electrons. The van der Waals surface area contributed by atoms with E-state index in [4.69, 9.17) is 0 Å². The van der Waals surface area contributed by atoms with Crippen LogP contribution in [0.2, 0.25) is 0 Å². The molecule has 0 aromatic carbocycles. The van der Waals surface area contributed by atoms with Crippen LogP contribution < -0.4 is 10.6 Å². The Kier molecular flexibility index (Phi) is 7.94. The Bertz CT molecular complexity index is 376. The smallest absolute Gasteiger partial charge is 0.322 e. The van der Waals surface area contributed by atoms with Crippen molar-refractivity contribution in [3.05, 3.63) is 0 Å². The van der Waals surface area contributed by atoms with E-state index < -0.39 is 24.0 Å². The minimum Gasteiger partial charge on any atom is -0.469 e. The topological polar surface area (TPSA) is 93.7 Å². The van der Waals surface area contributed by atoms with Gasteiger partial charge in [-0.25, -0.2) is 0 Å². The van der Waals surface area contributed by atoms with Gasteiger partial charge in [0.2, 0.25) is 5.91 Å². The van der Waals surface area contributed by atoms with Crippen LogP contribution >= 0.6 is 0 Å². The average Bonchev–Trinajstić information content (AvgIpc) is 2.39. The Labute approximate surface area is 125 Å². The quantitative estimate of drug-likeness (QED) is 0.660. The van der Waals surface area contributed by atoms with E-state index >= 15 is 0 Å². The van der Waals surface area contributed by atoms with Crippen LogP contribution in [0.1, 0.15) is 40.5 Å². The van der Waals surface area contributed by atoms with Gasteiger partial charge in [-0.05, 0) is 34.1 Å². The van der Waals surface area contributed by atoms with Crippen molar-refractivity contribution < 1.29 is 23.9 Å². The fourth-order valence-corrected chi connectivity index (χ4v) is 1.63. The Hall–Kier alpha value is -1.63. The van der Waals surface area contributed by atoms with E-state index in [9.17, 15) is 14.4 Å². The Morgan fingerprint density at radius 1 is 1.10 bits per heavy atom. The Balaban J connectivity index is 4.62. The lowest BCUT2D eigenvalue weighted by atomic mass is 10.1.